The third-order valence-corrected chi connectivity index (χ3v) is 4.79. The third kappa shape index (κ3) is 3.72. The number of hydrogen-bond donors (Lipinski definition) is 1. The van der Waals surface area contributed by atoms with Crippen molar-refractivity contribution in [3.05, 3.63) is 16.0 Å². The van der Waals surface area contributed by atoms with E-state index in [1.807, 2.05) is 0 Å². The number of nitrogens with one attached hydrogen (secondary N) is 1. The number of rotatable bonds is 4. The minimum atomic E-state index is 0.411. The van der Waals surface area contributed by atoms with Gasteiger partial charge < -0.3 is 5.32 Å². The fraction of sp³-hybridized carbons (Fsp3) is 0.750. The van der Waals surface area contributed by atoms with E-state index in [9.17, 15) is 0 Å². The molecule has 1 aromatic rings. The molecule has 1 aliphatic rings. The second-order valence-electron chi connectivity index (χ2n) is 6.00. The van der Waals surface area contributed by atoms with Crippen LogP contribution in [0.1, 0.15) is 82.7 Å². The van der Waals surface area contributed by atoms with Gasteiger partial charge in [-0.25, -0.2) is 9.97 Å². The number of anilines is 1. The zero-order valence-corrected chi connectivity index (χ0v) is 14.5. The second-order valence-corrected chi connectivity index (χ2v) is 6.80. The van der Waals surface area contributed by atoms with Crippen molar-refractivity contribution in [1.82, 2.24) is 9.97 Å². The van der Waals surface area contributed by atoms with E-state index in [0.29, 0.717) is 11.8 Å². The van der Waals surface area contributed by atoms with Gasteiger partial charge in [-0.3, -0.25) is 0 Å². The van der Waals surface area contributed by atoms with Crippen LogP contribution in [0.3, 0.4) is 0 Å². The van der Waals surface area contributed by atoms with Gasteiger partial charge in [-0.15, -0.1) is 0 Å². The van der Waals surface area contributed by atoms with Gasteiger partial charge >= 0.3 is 0 Å². The van der Waals surface area contributed by atoms with Gasteiger partial charge in [0.05, 0.1) is 10.2 Å². The first-order valence-corrected chi connectivity index (χ1v) is 8.74. The van der Waals surface area contributed by atoms with Crippen LogP contribution in [0.25, 0.3) is 0 Å². The Labute approximate surface area is 131 Å². The molecule has 3 nitrogen and oxygen atoms in total. The van der Waals surface area contributed by atoms with Gasteiger partial charge in [0.2, 0.25) is 0 Å². The molecule has 112 valence electrons. The summed E-state index contributed by atoms with van der Waals surface area (Å²) >= 11 is 3.67. The predicted octanol–water partition coefficient (Wildman–Crippen LogP) is 5.23. The quantitative estimate of drug-likeness (QED) is 0.763. The molecule has 0 amide bonds. The molecule has 0 aromatic carbocycles. The number of hydrogen-bond acceptors (Lipinski definition) is 3. The second kappa shape index (κ2) is 7.39. The molecule has 2 rings (SSSR count). The largest absolute Gasteiger partial charge is 0.369 e. The Morgan fingerprint density at radius 2 is 1.80 bits per heavy atom. The highest BCUT2D eigenvalue weighted by Crippen LogP contribution is 2.34. The SMILES string of the molecule is CCNc1nc(C2CCCCCC2)nc(C(C)C)c1Br. The number of aromatic nitrogens is 2. The van der Waals surface area contributed by atoms with E-state index < -0.39 is 0 Å². The first-order valence-electron chi connectivity index (χ1n) is 7.94. The molecule has 1 aliphatic carbocycles. The van der Waals surface area contributed by atoms with Gasteiger partial charge in [0.15, 0.2) is 0 Å². The Balaban J connectivity index is 2.35. The van der Waals surface area contributed by atoms with Gasteiger partial charge in [0.1, 0.15) is 11.6 Å². The molecule has 4 heteroatoms. The molecule has 20 heavy (non-hydrogen) atoms. The predicted molar refractivity (Wildman–Crippen MR) is 88.4 cm³/mol. The van der Waals surface area contributed by atoms with E-state index in [-0.39, 0.29) is 0 Å². The van der Waals surface area contributed by atoms with E-state index in [1.165, 1.54) is 38.5 Å². The van der Waals surface area contributed by atoms with Gasteiger partial charge in [0.25, 0.3) is 0 Å². The van der Waals surface area contributed by atoms with Crippen LogP contribution >= 0.6 is 15.9 Å². The maximum atomic E-state index is 4.88. The highest BCUT2D eigenvalue weighted by molar-refractivity contribution is 9.10. The summed E-state index contributed by atoms with van der Waals surface area (Å²) in [6.45, 7) is 7.38. The summed E-state index contributed by atoms with van der Waals surface area (Å²) in [5.74, 6) is 2.97. The lowest BCUT2D eigenvalue weighted by Gasteiger charge is -2.18. The Morgan fingerprint density at radius 1 is 1.15 bits per heavy atom. The molecule has 0 bridgehead atoms. The average Bonchev–Trinajstić information content (AvgIpc) is 2.70. The van der Waals surface area contributed by atoms with Gasteiger partial charge in [-0.1, -0.05) is 39.5 Å². The molecular formula is C16H26BrN3. The van der Waals surface area contributed by atoms with Crippen LogP contribution in [-0.4, -0.2) is 16.5 Å². The van der Waals surface area contributed by atoms with E-state index in [4.69, 9.17) is 9.97 Å². The number of halogens is 1. The van der Waals surface area contributed by atoms with Crippen LogP contribution in [0.4, 0.5) is 5.82 Å². The van der Waals surface area contributed by atoms with Crippen LogP contribution in [0.15, 0.2) is 4.47 Å². The van der Waals surface area contributed by atoms with Crippen molar-refractivity contribution in [2.75, 3.05) is 11.9 Å². The van der Waals surface area contributed by atoms with Crippen LogP contribution < -0.4 is 5.32 Å². The minimum absolute atomic E-state index is 0.411. The maximum Gasteiger partial charge on any atom is 0.144 e. The molecule has 1 saturated carbocycles. The molecule has 0 radical (unpaired) electrons. The van der Waals surface area contributed by atoms with Gasteiger partial charge in [-0.2, -0.15) is 0 Å². The standard InChI is InChI=1S/C16H26BrN3/c1-4-18-16-13(17)14(11(2)3)19-15(20-16)12-9-7-5-6-8-10-12/h11-12H,4-10H2,1-3H3,(H,18,19,20). The highest BCUT2D eigenvalue weighted by Gasteiger charge is 2.21. The molecule has 0 saturated heterocycles. The van der Waals surface area contributed by atoms with Crippen molar-refractivity contribution in [3.8, 4) is 0 Å². The van der Waals surface area contributed by atoms with Crippen LogP contribution in [0.5, 0.6) is 0 Å². The van der Waals surface area contributed by atoms with E-state index in [1.54, 1.807) is 0 Å². The molecule has 0 spiro atoms. The van der Waals surface area contributed by atoms with Crippen LogP contribution in [0, 0.1) is 0 Å². The summed E-state index contributed by atoms with van der Waals surface area (Å²) in [5.41, 5.74) is 1.13. The summed E-state index contributed by atoms with van der Waals surface area (Å²) in [7, 11) is 0. The van der Waals surface area contributed by atoms with Crippen LogP contribution in [-0.2, 0) is 0 Å². The molecule has 1 fully saturated rings. The fourth-order valence-electron chi connectivity index (χ4n) is 2.87. The van der Waals surface area contributed by atoms with Crippen molar-refractivity contribution >= 4 is 21.7 Å². The smallest absolute Gasteiger partial charge is 0.144 e. The third-order valence-electron chi connectivity index (χ3n) is 4.01. The first-order chi connectivity index (χ1) is 9.63. The van der Waals surface area contributed by atoms with Crippen molar-refractivity contribution in [2.24, 2.45) is 0 Å². The molecular weight excluding hydrogens is 314 g/mol. The summed E-state index contributed by atoms with van der Waals surface area (Å²) in [6, 6.07) is 0. The molecule has 1 aromatic heterocycles. The molecule has 0 atom stereocenters. The molecule has 0 unspecified atom stereocenters. The summed E-state index contributed by atoms with van der Waals surface area (Å²) in [4.78, 5) is 9.68. The van der Waals surface area contributed by atoms with E-state index in [0.717, 1.165) is 28.4 Å². The van der Waals surface area contributed by atoms with Gasteiger partial charge in [0, 0.05) is 12.5 Å². The maximum absolute atomic E-state index is 4.88. The molecule has 0 aliphatic heterocycles. The van der Waals surface area contributed by atoms with E-state index in [2.05, 4.69) is 42.0 Å². The normalized spacial score (nSPS) is 17.2. The number of nitrogens with zero attached hydrogens (tertiary/aromatic N) is 2. The minimum Gasteiger partial charge on any atom is -0.369 e. The monoisotopic (exact) mass is 339 g/mol. The van der Waals surface area contributed by atoms with Crippen molar-refractivity contribution in [2.45, 2.75) is 71.1 Å². The Bertz CT molecular complexity index is 438. The Morgan fingerprint density at radius 3 is 2.35 bits per heavy atom. The van der Waals surface area contributed by atoms with Crippen molar-refractivity contribution in [1.29, 1.82) is 0 Å². The highest BCUT2D eigenvalue weighted by atomic mass is 79.9. The van der Waals surface area contributed by atoms with Crippen LogP contribution in [0.2, 0.25) is 0 Å². The van der Waals surface area contributed by atoms with E-state index >= 15 is 0 Å². The zero-order valence-electron chi connectivity index (χ0n) is 12.9. The molecule has 1 heterocycles. The summed E-state index contributed by atoms with van der Waals surface area (Å²) < 4.78 is 1.03. The summed E-state index contributed by atoms with van der Waals surface area (Å²) in [6.07, 6.45) is 7.85. The van der Waals surface area contributed by atoms with Gasteiger partial charge in [-0.05, 0) is 41.6 Å². The zero-order chi connectivity index (χ0) is 14.5. The van der Waals surface area contributed by atoms with Crippen molar-refractivity contribution < 1.29 is 0 Å². The summed E-state index contributed by atoms with van der Waals surface area (Å²) in [5, 5.41) is 3.37. The lowest BCUT2D eigenvalue weighted by Crippen LogP contribution is -2.12. The Hall–Kier alpha value is -0.640. The Kier molecular flexibility index (Phi) is 5.82. The van der Waals surface area contributed by atoms with Crippen molar-refractivity contribution in [3.63, 3.8) is 0 Å². The molecule has 1 N–H and O–H groups in total. The topological polar surface area (TPSA) is 37.8 Å². The fourth-order valence-corrected chi connectivity index (χ4v) is 3.65. The lowest BCUT2D eigenvalue weighted by atomic mass is 9.99. The first kappa shape index (κ1) is 15.7. The average molecular weight is 340 g/mol. The lowest BCUT2D eigenvalue weighted by molar-refractivity contribution is 0.555.